The van der Waals surface area contributed by atoms with Crippen LogP contribution in [0.15, 0.2) is 54.7 Å². The molecule has 0 radical (unpaired) electrons. The van der Waals surface area contributed by atoms with E-state index in [2.05, 4.69) is 65.1 Å². The molecule has 5 aromatic rings. The van der Waals surface area contributed by atoms with E-state index in [1.165, 1.54) is 14.2 Å². The van der Waals surface area contributed by atoms with Crippen LogP contribution in [0.5, 0.6) is 0 Å². The van der Waals surface area contributed by atoms with Crippen LogP contribution in [0, 0.1) is 11.8 Å². The number of amides is 4. The Morgan fingerprint density at radius 1 is 0.792 bits per heavy atom. The number of carbonyl (C=O) groups is 4. The van der Waals surface area contributed by atoms with Crippen molar-refractivity contribution in [2.75, 3.05) is 40.4 Å². The summed E-state index contributed by atoms with van der Waals surface area (Å²) >= 11 is 0. The van der Waals surface area contributed by atoms with Gasteiger partial charge in [0, 0.05) is 29.6 Å². The second-order valence-electron chi connectivity index (χ2n) is 12.3. The third-order valence-electron chi connectivity index (χ3n) is 8.56. The van der Waals surface area contributed by atoms with Gasteiger partial charge in [0.25, 0.3) is 0 Å². The number of hydrogen-bond acceptors (Lipinski definition) is 8. The molecule has 0 bridgehead atoms. The minimum absolute atomic E-state index is 0.161. The van der Waals surface area contributed by atoms with Gasteiger partial charge in [0.15, 0.2) is 0 Å². The Bertz CT molecular complexity index is 2180. The maximum absolute atomic E-state index is 12.8. The molecule has 0 spiro atoms. The van der Waals surface area contributed by atoms with Gasteiger partial charge in [-0.05, 0) is 54.5 Å². The molecule has 0 aliphatic rings. The zero-order chi connectivity index (χ0) is 37.9. The Balaban J connectivity index is 1.36. The van der Waals surface area contributed by atoms with Crippen molar-refractivity contribution < 1.29 is 28.7 Å². The summed E-state index contributed by atoms with van der Waals surface area (Å²) in [6, 6.07) is 16.3. The molecule has 53 heavy (non-hydrogen) atoms. The van der Waals surface area contributed by atoms with E-state index < -0.39 is 12.2 Å². The molecule has 0 aliphatic carbocycles. The van der Waals surface area contributed by atoms with Crippen molar-refractivity contribution >= 4 is 45.8 Å². The predicted molar refractivity (Wildman–Crippen MR) is 201 cm³/mol. The van der Waals surface area contributed by atoms with Gasteiger partial charge < -0.3 is 39.9 Å². The van der Waals surface area contributed by atoms with Crippen LogP contribution < -0.4 is 10.6 Å². The van der Waals surface area contributed by atoms with Gasteiger partial charge in [-0.25, -0.2) is 19.6 Å². The third-order valence-corrected chi connectivity index (χ3v) is 8.56. The first-order valence-electron chi connectivity index (χ1n) is 17.4. The van der Waals surface area contributed by atoms with Gasteiger partial charge in [-0.1, -0.05) is 50.1 Å². The first-order valence-corrected chi connectivity index (χ1v) is 17.4. The molecule has 276 valence electrons. The Kier molecular flexibility index (Phi) is 12.7. The highest BCUT2D eigenvalue weighted by Crippen LogP contribution is 2.32. The Labute approximate surface area is 307 Å². The topological polar surface area (TPSA) is 175 Å². The van der Waals surface area contributed by atoms with E-state index in [1.807, 2.05) is 44.2 Å². The molecule has 3 aromatic carbocycles. The van der Waals surface area contributed by atoms with Crippen LogP contribution >= 0.6 is 0 Å². The molecule has 2 heterocycles. The molecular weight excluding hydrogens is 676 g/mol. The van der Waals surface area contributed by atoms with Crippen molar-refractivity contribution in [3.05, 3.63) is 71.9 Å². The van der Waals surface area contributed by atoms with E-state index in [1.54, 1.807) is 22.9 Å². The highest BCUT2D eigenvalue weighted by molar-refractivity contribution is 6.05. The molecule has 0 saturated carbocycles. The lowest BCUT2D eigenvalue weighted by Crippen LogP contribution is -2.40. The lowest BCUT2D eigenvalue weighted by atomic mass is 9.95. The maximum atomic E-state index is 12.8. The van der Waals surface area contributed by atoms with Gasteiger partial charge in [0.2, 0.25) is 11.8 Å². The van der Waals surface area contributed by atoms with Crippen LogP contribution in [0.25, 0.3) is 44.2 Å². The number of benzene rings is 3. The number of ether oxygens (including phenoxy) is 2. The van der Waals surface area contributed by atoms with Crippen LogP contribution in [0.2, 0.25) is 0 Å². The maximum Gasteiger partial charge on any atom is 0.407 e. The summed E-state index contributed by atoms with van der Waals surface area (Å²) in [4.78, 5) is 67.9. The quantitative estimate of drug-likeness (QED) is 0.111. The summed E-state index contributed by atoms with van der Waals surface area (Å²) in [6.45, 7) is 7.01. The number of carbonyl (C=O) groups excluding carboxylic acids is 4. The van der Waals surface area contributed by atoms with Crippen molar-refractivity contribution in [3.8, 4) is 34.2 Å². The first kappa shape index (κ1) is 37.9. The molecule has 0 unspecified atom stereocenters. The van der Waals surface area contributed by atoms with Gasteiger partial charge in [0.1, 0.15) is 24.7 Å². The second-order valence-corrected chi connectivity index (χ2v) is 12.3. The zero-order valence-electron chi connectivity index (χ0n) is 30.6. The molecule has 0 fully saturated rings. The fourth-order valence-corrected chi connectivity index (χ4v) is 6.04. The number of methoxy groups -OCH3 is 2. The lowest BCUT2D eigenvalue weighted by Gasteiger charge is -2.21. The molecule has 5 rings (SSSR count). The van der Waals surface area contributed by atoms with E-state index in [0.717, 1.165) is 62.6 Å². The van der Waals surface area contributed by atoms with E-state index in [-0.39, 0.29) is 38.0 Å². The largest absolute Gasteiger partial charge is 0.453 e. The second kappa shape index (κ2) is 17.7. The first-order chi connectivity index (χ1) is 25.7. The summed E-state index contributed by atoms with van der Waals surface area (Å²) in [6.07, 6.45) is 1.93. The van der Waals surface area contributed by atoms with Crippen LogP contribution in [0.1, 0.15) is 50.8 Å². The number of aromatic amines is 2. The van der Waals surface area contributed by atoms with Crippen molar-refractivity contribution in [1.29, 1.82) is 0 Å². The minimum Gasteiger partial charge on any atom is -0.453 e. The number of nitrogens with one attached hydrogen (secondary N) is 4. The minimum atomic E-state index is -0.661. The number of aromatic nitrogens is 4. The average molecular weight is 721 g/mol. The molecular formula is C39H44N8O6. The molecule has 0 saturated heterocycles. The van der Waals surface area contributed by atoms with E-state index in [4.69, 9.17) is 4.98 Å². The van der Waals surface area contributed by atoms with Crippen molar-refractivity contribution in [3.63, 3.8) is 0 Å². The Morgan fingerprint density at radius 2 is 1.43 bits per heavy atom. The summed E-state index contributed by atoms with van der Waals surface area (Å²) in [5, 5.41) is 6.86. The molecule has 2 aromatic heterocycles. The third kappa shape index (κ3) is 9.31. The normalized spacial score (nSPS) is 10.7. The molecule has 14 heteroatoms. The van der Waals surface area contributed by atoms with Crippen LogP contribution in [-0.4, -0.2) is 94.1 Å². The molecule has 4 amide bonds. The monoisotopic (exact) mass is 720 g/mol. The predicted octanol–water partition coefficient (Wildman–Crippen LogP) is 5.33. The van der Waals surface area contributed by atoms with E-state index in [0.29, 0.717) is 24.7 Å². The van der Waals surface area contributed by atoms with Crippen molar-refractivity contribution in [2.24, 2.45) is 0 Å². The van der Waals surface area contributed by atoms with Gasteiger partial charge >= 0.3 is 12.2 Å². The SMILES string of the molecule is CC#Cc1cc(-c2cnc(CN(CCC)C(=O)CNC(=O)OC)[nH]2)ccc1-c1ccc2c(ccc3[nH]c(CN(CCC)C(=O)CNC(=O)OC)nc32)c1. The van der Waals surface area contributed by atoms with Crippen molar-refractivity contribution in [1.82, 2.24) is 40.4 Å². The number of nitrogens with zero attached hydrogens (tertiary/aromatic N) is 4. The summed E-state index contributed by atoms with van der Waals surface area (Å²) in [7, 11) is 2.51. The van der Waals surface area contributed by atoms with Crippen LogP contribution in [0.4, 0.5) is 9.59 Å². The Hall–Kier alpha value is -6.36. The molecule has 4 N–H and O–H groups in total. The molecule has 0 aliphatic heterocycles. The van der Waals surface area contributed by atoms with Gasteiger partial charge in [-0.3, -0.25) is 9.59 Å². The summed E-state index contributed by atoms with van der Waals surface area (Å²) in [5.41, 5.74) is 6.17. The highest BCUT2D eigenvalue weighted by Gasteiger charge is 2.19. The summed E-state index contributed by atoms with van der Waals surface area (Å²) < 4.78 is 9.16. The highest BCUT2D eigenvalue weighted by atomic mass is 16.5. The number of hydrogen-bond donors (Lipinski definition) is 4. The van der Waals surface area contributed by atoms with Gasteiger partial charge in [-0.2, -0.15) is 0 Å². The number of rotatable bonds is 14. The number of alkyl carbamates (subject to hydrolysis) is 2. The molecule has 14 nitrogen and oxygen atoms in total. The smallest absolute Gasteiger partial charge is 0.407 e. The standard InChI is InChI=1S/C39H44N8O6/c1-6-9-25-19-28(32-20-40-33(44-32)23-46(16-7-2)35(48)21-41-38(50)52-4)11-13-29(25)26-10-14-30-27(18-26)12-15-31-37(30)45-34(43-31)24-47(17-8-3)36(49)22-42-39(51)53-5/h10-15,18-20H,7-8,16-17,21-24H2,1-5H3,(H,40,44)(H,41,50)(H,42,51)(H,43,45). The zero-order valence-corrected chi connectivity index (χ0v) is 30.6. The molecule has 0 atom stereocenters. The fourth-order valence-electron chi connectivity index (χ4n) is 6.04. The average Bonchev–Trinajstić information content (AvgIpc) is 3.82. The lowest BCUT2D eigenvalue weighted by molar-refractivity contribution is -0.131. The fraction of sp³-hybridized carbons (Fsp3) is 0.333. The van der Waals surface area contributed by atoms with Gasteiger partial charge in [0.05, 0.1) is 50.2 Å². The number of H-pyrrole nitrogens is 2. The van der Waals surface area contributed by atoms with E-state index in [9.17, 15) is 19.2 Å². The number of fused-ring (bicyclic) bond motifs is 3. The summed E-state index contributed by atoms with van der Waals surface area (Å²) in [5.74, 6) is 7.10. The van der Waals surface area contributed by atoms with E-state index >= 15 is 0 Å². The van der Waals surface area contributed by atoms with Gasteiger partial charge in [-0.15, -0.1) is 5.92 Å². The number of imidazole rings is 2. The van der Waals surface area contributed by atoms with Crippen LogP contribution in [0.3, 0.4) is 0 Å². The van der Waals surface area contributed by atoms with Crippen molar-refractivity contribution in [2.45, 2.75) is 46.7 Å². The van der Waals surface area contributed by atoms with Crippen LogP contribution in [-0.2, 0) is 32.2 Å². The Morgan fingerprint density at radius 3 is 2.06 bits per heavy atom.